The lowest BCUT2D eigenvalue weighted by Gasteiger charge is -2.20. The molecule has 0 aliphatic heterocycles. The van der Waals surface area contributed by atoms with Crippen molar-refractivity contribution < 1.29 is 4.39 Å². The van der Waals surface area contributed by atoms with Crippen LogP contribution in [0.3, 0.4) is 0 Å². The molecule has 0 atom stereocenters. The van der Waals surface area contributed by atoms with Crippen molar-refractivity contribution in [2.45, 2.75) is 25.8 Å². The summed E-state index contributed by atoms with van der Waals surface area (Å²) in [7, 11) is 0. The van der Waals surface area contributed by atoms with E-state index in [1.54, 1.807) is 6.07 Å². The molecule has 0 heterocycles. The number of likely N-dealkylation sites (N-methyl/N-ethyl adjacent to an activating group) is 1. The molecule has 3 N–H and O–H groups in total. The van der Waals surface area contributed by atoms with Crippen LogP contribution in [0.4, 0.5) is 15.8 Å². The normalized spacial score (nSPS) is 15.1. The second-order valence-corrected chi connectivity index (χ2v) is 5.05. The van der Waals surface area contributed by atoms with Crippen molar-refractivity contribution in [2.24, 2.45) is 0 Å². The standard InChI is InChI=1S/C13H19ClFN3/c1-2-18(9-3-4-9)6-5-17-13-7-10(14)11(15)8-12(13)16/h7-9,17H,2-6,16H2,1H3. The van der Waals surface area contributed by atoms with Gasteiger partial charge in [-0.1, -0.05) is 18.5 Å². The number of rotatable bonds is 6. The van der Waals surface area contributed by atoms with E-state index < -0.39 is 5.82 Å². The molecule has 1 aliphatic rings. The molecule has 1 aromatic rings. The molecule has 1 aromatic carbocycles. The second kappa shape index (κ2) is 5.76. The SMILES string of the molecule is CCN(CCNc1cc(Cl)c(F)cc1N)C1CC1. The number of hydrogen-bond donors (Lipinski definition) is 2. The predicted octanol–water partition coefficient (Wildman–Crippen LogP) is 2.96. The third-order valence-electron chi connectivity index (χ3n) is 3.28. The Morgan fingerprint density at radius 1 is 1.50 bits per heavy atom. The van der Waals surface area contributed by atoms with Crippen molar-refractivity contribution in [3.05, 3.63) is 23.0 Å². The number of nitrogens with two attached hydrogens (primary N) is 1. The summed E-state index contributed by atoms with van der Waals surface area (Å²) in [6.07, 6.45) is 2.61. The summed E-state index contributed by atoms with van der Waals surface area (Å²) in [5.74, 6) is -0.479. The van der Waals surface area contributed by atoms with Gasteiger partial charge < -0.3 is 11.1 Å². The summed E-state index contributed by atoms with van der Waals surface area (Å²) in [6, 6.07) is 3.55. The number of anilines is 2. The van der Waals surface area contributed by atoms with E-state index in [0.717, 1.165) is 25.7 Å². The minimum absolute atomic E-state index is 0.0984. The van der Waals surface area contributed by atoms with Gasteiger partial charge in [0.2, 0.25) is 0 Å². The number of nitrogen functional groups attached to an aromatic ring is 1. The first-order valence-electron chi connectivity index (χ1n) is 6.34. The summed E-state index contributed by atoms with van der Waals surface area (Å²) in [6.45, 7) is 4.99. The third kappa shape index (κ3) is 3.27. The molecule has 5 heteroatoms. The molecule has 0 saturated heterocycles. The van der Waals surface area contributed by atoms with Crippen molar-refractivity contribution in [1.82, 2.24) is 4.90 Å². The van der Waals surface area contributed by atoms with Crippen molar-refractivity contribution in [3.63, 3.8) is 0 Å². The number of nitrogens with one attached hydrogen (secondary N) is 1. The first kappa shape index (κ1) is 13.4. The lowest BCUT2D eigenvalue weighted by atomic mass is 10.2. The highest BCUT2D eigenvalue weighted by atomic mass is 35.5. The molecule has 100 valence electrons. The quantitative estimate of drug-likeness (QED) is 0.782. The van der Waals surface area contributed by atoms with Crippen LogP contribution in [0, 0.1) is 5.82 Å². The molecule has 0 unspecified atom stereocenters. The fourth-order valence-electron chi connectivity index (χ4n) is 2.09. The Bertz CT molecular complexity index is 421. The van der Waals surface area contributed by atoms with Crippen molar-refractivity contribution in [1.29, 1.82) is 0 Å². The van der Waals surface area contributed by atoms with Gasteiger partial charge >= 0.3 is 0 Å². The molecule has 0 aromatic heterocycles. The van der Waals surface area contributed by atoms with Gasteiger partial charge in [0.25, 0.3) is 0 Å². The van der Waals surface area contributed by atoms with E-state index in [9.17, 15) is 4.39 Å². The molecule has 18 heavy (non-hydrogen) atoms. The molecule has 1 saturated carbocycles. The average Bonchev–Trinajstić information content (AvgIpc) is 3.15. The van der Waals surface area contributed by atoms with Crippen LogP contribution in [0.2, 0.25) is 5.02 Å². The van der Waals surface area contributed by atoms with Gasteiger partial charge in [-0.15, -0.1) is 0 Å². The van der Waals surface area contributed by atoms with Gasteiger partial charge in [0.15, 0.2) is 0 Å². The lowest BCUT2D eigenvalue weighted by molar-refractivity contribution is 0.289. The summed E-state index contributed by atoms with van der Waals surface area (Å²) in [4.78, 5) is 2.44. The van der Waals surface area contributed by atoms with E-state index in [4.69, 9.17) is 17.3 Å². The number of halogens is 2. The maximum atomic E-state index is 13.1. The third-order valence-corrected chi connectivity index (χ3v) is 3.57. The van der Waals surface area contributed by atoms with Crippen LogP contribution in [-0.4, -0.2) is 30.6 Å². The van der Waals surface area contributed by atoms with Gasteiger partial charge in [0.05, 0.1) is 16.4 Å². The molecule has 0 amide bonds. The molecule has 1 fully saturated rings. The number of benzene rings is 1. The molecule has 0 spiro atoms. The highest BCUT2D eigenvalue weighted by Crippen LogP contribution is 2.27. The van der Waals surface area contributed by atoms with E-state index in [1.807, 2.05) is 0 Å². The van der Waals surface area contributed by atoms with Crippen molar-refractivity contribution in [3.8, 4) is 0 Å². The van der Waals surface area contributed by atoms with Gasteiger partial charge in [0.1, 0.15) is 5.82 Å². The predicted molar refractivity (Wildman–Crippen MR) is 74.6 cm³/mol. The molecular weight excluding hydrogens is 253 g/mol. The maximum absolute atomic E-state index is 13.1. The van der Waals surface area contributed by atoms with Gasteiger partial charge in [0, 0.05) is 25.2 Å². The monoisotopic (exact) mass is 271 g/mol. The fourth-order valence-corrected chi connectivity index (χ4v) is 2.25. The van der Waals surface area contributed by atoms with Crippen LogP contribution < -0.4 is 11.1 Å². The topological polar surface area (TPSA) is 41.3 Å². The van der Waals surface area contributed by atoms with E-state index >= 15 is 0 Å². The smallest absolute Gasteiger partial charge is 0.143 e. The van der Waals surface area contributed by atoms with Crippen LogP contribution in [0.1, 0.15) is 19.8 Å². The summed E-state index contributed by atoms with van der Waals surface area (Å²) in [5.41, 5.74) is 6.83. The maximum Gasteiger partial charge on any atom is 0.143 e. The van der Waals surface area contributed by atoms with Crippen molar-refractivity contribution >= 4 is 23.0 Å². The average molecular weight is 272 g/mol. The molecule has 2 rings (SSSR count). The van der Waals surface area contributed by atoms with Gasteiger partial charge in [-0.05, 0) is 25.5 Å². The number of nitrogens with zero attached hydrogens (tertiary/aromatic N) is 1. The summed E-state index contributed by atoms with van der Waals surface area (Å²) >= 11 is 5.73. The Morgan fingerprint density at radius 2 is 2.22 bits per heavy atom. The molecule has 0 radical (unpaired) electrons. The summed E-state index contributed by atoms with van der Waals surface area (Å²) in [5, 5.41) is 3.31. The minimum Gasteiger partial charge on any atom is -0.397 e. The Balaban J connectivity index is 1.87. The van der Waals surface area contributed by atoms with Crippen molar-refractivity contribution in [2.75, 3.05) is 30.7 Å². The molecule has 0 bridgehead atoms. The van der Waals surface area contributed by atoms with Crippen LogP contribution in [-0.2, 0) is 0 Å². The van der Waals surface area contributed by atoms with E-state index in [2.05, 4.69) is 17.1 Å². The highest BCUT2D eigenvalue weighted by Gasteiger charge is 2.27. The largest absolute Gasteiger partial charge is 0.397 e. The minimum atomic E-state index is -0.479. The van der Waals surface area contributed by atoms with Crippen LogP contribution in [0.25, 0.3) is 0 Å². The Labute approximate surface area is 112 Å². The fraction of sp³-hybridized carbons (Fsp3) is 0.538. The Morgan fingerprint density at radius 3 is 2.83 bits per heavy atom. The van der Waals surface area contributed by atoms with E-state index in [-0.39, 0.29) is 5.02 Å². The Kier molecular flexibility index (Phi) is 4.30. The van der Waals surface area contributed by atoms with E-state index in [0.29, 0.717) is 11.4 Å². The molecule has 1 aliphatic carbocycles. The highest BCUT2D eigenvalue weighted by molar-refractivity contribution is 6.31. The molecular formula is C13H19ClFN3. The van der Waals surface area contributed by atoms with E-state index in [1.165, 1.54) is 18.9 Å². The second-order valence-electron chi connectivity index (χ2n) is 4.64. The molecule has 3 nitrogen and oxygen atoms in total. The zero-order chi connectivity index (χ0) is 13.1. The van der Waals surface area contributed by atoms with Gasteiger partial charge in [-0.3, -0.25) is 4.90 Å². The van der Waals surface area contributed by atoms with Gasteiger partial charge in [-0.2, -0.15) is 0 Å². The number of hydrogen-bond acceptors (Lipinski definition) is 3. The zero-order valence-electron chi connectivity index (χ0n) is 10.5. The first-order chi connectivity index (χ1) is 8.61. The van der Waals surface area contributed by atoms with Crippen LogP contribution in [0.5, 0.6) is 0 Å². The summed E-state index contributed by atoms with van der Waals surface area (Å²) < 4.78 is 13.1. The Hall–Kier alpha value is -1.00. The van der Waals surface area contributed by atoms with Crippen LogP contribution in [0.15, 0.2) is 12.1 Å². The zero-order valence-corrected chi connectivity index (χ0v) is 11.3. The van der Waals surface area contributed by atoms with Gasteiger partial charge in [-0.25, -0.2) is 4.39 Å². The lowest BCUT2D eigenvalue weighted by Crippen LogP contribution is -2.31. The van der Waals surface area contributed by atoms with Crippen LogP contribution >= 0.6 is 11.6 Å². The first-order valence-corrected chi connectivity index (χ1v) is 6.72.